The van der Waals surface area contributed by atoms with Gasteiger partial charge in [-0.25, -0.2) is 4.39 Å². The van der Waals surface area contributed by atoms with Crippen LogP contribution < -0.4 is 0 Å². The van der Waals surface area contributed by atoms with Crippen LogP contribution in [0.4, 0.5) is 4.39 Å². The van der Waals surface area contributed by atoms with Gasteiger partial charge in [0.05, 0.1) is 11.3 Å². The number of amides is 1. The van der Waals surface area contributed by atoms with E-state index in [9.17, 15) is 9.18 Å². The zero-order valence-electron chi connectivity index (χ0n) is 13.9. The molecular weight excluding hydrogens is 353 g/mol. The van der Waals surface area contributed by atoms with Crippen LogP contribution in [0.5, 0.6) is 0 Å². The van der Waals surface area contributed by atoms with E-state index in [2.05, 4.69) is 22.3 Å². The van der Waals surface area contributed by atoms with Gasteiger partial charge in [0.2, 0.25) is 5.91 Å². The van der Waals surface area contributed by atoms with Crippen molar-refractivity contribution < 1.29 is 13.6 Å². The zero-order chi connectivity index (χ0) is 17.9. The molecule has 4 rings (SSSR count). The van der Waals surface area contributed by atoms with Crippen LogP contribution in [0.25, 0.3) is 11.5 Å². The smallest absolute Gasteiger partial charge is 0.277 e. The van der Waals surface area contributed by atoms with Crippen molar-refractivity contribution in [1.29, 1.82) is 0 Å². The summed E-state index contributed by atoms with van der Waals surface area (Å²) >= 11 is 1.17. The minimum Gasteiger partial charge on any atom is -0.411 e. The third-order valence-electron chi connectivity index (χ3n) is 4.31. The molecule has 1 aromatic heterocycles. The van der Waals surface area contributed by atoms with Crippen LogP contribution in [-0.4, -0.2) is 33.3 Å². The van der Waals surface area contributed by atoms with Crippen molar-refractivity contribution in [3.05, 3.63) is 65.5 Å². The molecular formula is C19H16FN3O2S. The van der Waals surface area contributed by atoms with E-state index < -0.39 is 5.82 Å². The number of rotatable bonds is 4. The molecule has 0 aliphatic carbocycles. The first-order valence-electron chi connectivity index (χ1n) is 8.26. The minimum atomic E-state index is -0.421. The topological polar surface area (TPSA) is 59.2 Å². The molecule has 1 aliphatic rings. The molecule has 0 fully saturated rings. The lowest BCUT2D eigenvalue weighted by atomic mass is 10.00. The van der Waals surface area contributed by atoms with Gasteiger partial charge in [-0.15, -0.1) is 10.2 Å². The first kappa shape index (κ1) is 16.8. The number of hydrogen-bond donors (Lipinski definition) is 0. The van der Waals surface area contributed by atoms with E-state index in [1.807, 2.05) is 17.0 Å². The van der Waals surface area contributed by atoms with Crippen molar-refractivity contribution in [2.45, 2.75) is 18.2 Å². The molecule has 2 aromatic carbocycles. The predicted molar refractivity (Wildman–Crippen MR) is 96.0 cm³/mol. The van der Waals surface area contributed by atoms with Crippen molar-refractivity contribution in [3.8, 4) is 11.5 Å². The molecule has 132 valence electrons. The summed E-state index contributed by atoms with van der Waals surface area (Å²) in [5.41, 5.74) is 2.75. The molecule has 7 heteroatoms. The van der Waals surface area contributed by atoms with Crippen LogP contribution >= 0.6 is 11.8 Å². The van der Waals surface area contributed by atoms with E-state index in [1.165, 1.54) is 29.0 Å². The van der Waals surface area contributed by atoms with Gasteiger partial charge in [-0.05, 0) is 29.7 Å². The molecule has 0 unspecified atom stereocenters. The fourth-order valence-corrected chi connectivity index (χ4v) is 3.60. The highest BCUT2D eigenvalue weighted by atomic mass is 32.2. The van der Waals surface area contributed by atoms with E-state index >= 15 is 0 Å². The van der Waals surface area contributed by atoms with Gasteiger partial charge in [-0.1, -0.05) is 48.2 Å². The Morgan fingerprint density at radius 3 is 2.73 bits per heavy atom. The number of thioether (sulfide) groups is 1. The second kappa shape index (κ2) is 7.29. The highest BCUT2D eigenvalue weighted by molar-refractivity contribution is 7.99. The zero-order valence-corrected chi connectivity index (χ0v) is 14.7. The van der Waals surface area contributed by atoms with Gasteiger partial charge < -0.3 is 9.32 Å². The normalized spacial score (nSPS) is 13.5. The average Bonchev–Trinajstić information content (AvgIpc) is 3.15. The molecule has 0 N–H and O–H groups in total. The minimum absolute atomic E-state index is 0.0233. The second-order valence-electron chi connectivity index (χ2n) is 5.98. The lowest BCUT2D eigenvalue weighted by molar-refractivity contribution is -0.129. The third-order valence-corrected chi connectivity index (χ3v) is 5.12. The standard InChI is InChI=1S/C19H16FN3O2S/c20-16-8-4-3-7-15(16)18-21-22-19(25-18)26-12-17(24)23-10-9-13-5-1-2-6-14(13)11-23/h1-8H,9-12H2. The second-order valence-corrected chi connectivity index (χ2v) is 6.90. The highest BCUT2D eigenvalue weighted by Crippen LogP contribution is 2.26. The Labute approximate surface area is 154 Å². The Balaban J connectivity index is 1.38. The SMILES string of the molecule is O=C(CSc1nnc(-c2ccccc2F)o1)N1CCc2ccccc2C1. The largest absolute Gasteiger partial charge is 0.411 e. The van der Waals surface area contributed by atoms with E-state index in [-0.39, 0.29) is 28.3 Å². The van der Waals surface area contributed by atoms with Gasteiger partial charge in [0.15, 0.2) is 0 Å². The lowest BCUT2D eigenvalue weighted by Gasteiger charge is -2.28. The van der Waals surface area contributed by atoms with Crippen molar-refractivity contribution in [2.75, 3.05) is 12.3 Å². The molecule has 0 bridgehead atoms. The Bertz CT molecular complexity index is 944. The summed E-state index contributed by atoms with van der Waals surface area (Å²) < 4.78 is 19.2. The molecule has 0 radical (unpaired) electrons. The lowest BCUT2D eigenvalue weighted by Crippen LogP contribution is -2.37. The molecule has 1 amide bonds. The molecule has 26 heavy (non-hydrogen) atoms. The van der Waals surface area contributed by atoms with Crippen LogP contribution in [-0.2, 0) is 17.8 Å². The van der Waals surface area contributed by atoms with E-state index in [1.54, 1.807) is 18.2 Å². The van der Waals surface area contributed by atoms with Crippen LogP contribution in [0.15, 0.2) is 58.2 Å². The quantitative estimate of drug-likeness (QED) is 0.658. The number of hydrogen-bond acceptors (Lipinski definition) is 5. The third kappa shape index (κ3) is 3.48. The van der Waals surface area contributed by atoms with Crippen molar-refractivity contribution in [1.82, 2.24) is 15.1 Å². The van der Waals surface area contributed by atoms with Crippen LogP contribution in [0.1, 0.15) is 11.1 Å². The predicted octanol–water partition coefficient (Wildman–Crippen LogP) is 3.55. The molecule has 0 atom stereocenters. The van der Waals surface area contributed by atoms with Crippen molar-refractivity contribution in [2.24, 2.45) is 0 Å². The summed E-state index contributed by atoms with van der Waals surface area (Å²) in [5.74, 6) is -0.0722. The highest BCUT2D eigenvalue weighted by Gasteiger charge is 2.21. The number of nitrogens with zero attached hydrogens (tertiary/aromatic N) is 3. The van der Waals surface area contributed by atoms with Crippen molar-refractivity contribution >= 4 is 17.7 Å². The van der Waals surface area contributed by atoms with Gasteiger partial charge in [-0.2, -0.15) is 0 Å². The summed E-state index contributed by atoms with van der Waals surface area (Å²) in [6.07, 6.45) is 0.866. The average molecular weight is 369 g/mol. The van der Waals surface area contributed by atoms with Gasteiger partial charge in [-0.3, -0.25) is 4.79 Å². The van der Waals surface area contributed by atoms with Crippen LogP contribution in [0.3, 0.4) is 0 Å². The number of carbonyl (C=O) groups excluding carboxylic acids is 1. The Morgan fingerprint density at radius 2 is 1.88 bits per heavy atom. The molecule has 0 spiro atoms. The Kier molecular flexibility index (Phi) is 4.71. The molecule has 1 aliphatic heterocycles. The first-order chi connectivity index (χ1) is 12.7. The summed E-state index contributed by atoms with van der Waals surface area (Å²) in [4.78, 5) is 14.3. The molecule has 3 aromatic rings. The Hall–Kier alpha value is -2.67. The maximum atomic E-state index is 13.8. The summed E-state index contributed by atoms with van der Waals surface area (Å²) in [6, 6.07) is 14.4. The number of aromatic nitrogens is 2. The summed E-state index contributed by atoms with van der Waals surface area (Å²) in [7, 11) is 0. The monoisotopic (exact) mass is 369 g/mol. The molecule has 0 saturated heterocycles. The first-order valence-corrected chi connectivity index (χ1v) is 9.25. The fraction of sp³-hybridized carbons (Fsp3) is 0.211. The van der Waals surface area contributed by atoms with E-state index in [0.717, 1.165) is 6.42 Å². The molecule has 5 nitrogen and oxygen atoms in total. The Morgan fingerprint density at radius 1 is 1.12 bits per heavy atom. The van der Waals surface area contributed by atoms with Gasteiger partial charge in [0.1, 0.15) is 5.82 Å². The maximum absolute atomic E-state index is 13.8. The van der Waals surface area contributed by atoms with Crippen LogP contribution in [0, 0.1) is 5.82 Å². The van der Waals surface area contributed by atoms with Crippen molar-refractivity contribution in [3.63, 3.8) is 0 Å². The van der Waals surface area contributed by atoms with E-state index in [4.69, 9.17) is 4.42 Å². The summed E-state index contributed by atoms with van der Waals surface area (Å²) in [6.45, 7) is 1.33. The fourth-order valence-electron chi connectivity index (χ4n) is 2.93. The molecule has 0 saturated carbocycles. The number of halogens is 1. The van der Waals surface area contributed by atoms with Gasteiger partial charge in [0.25, 0.3) is 11.1 Å². The summed E-state index contributed by atoms with van der Waals surface area (Å²) in [5, 5.41) is 8.02. The van der Waals surface area contributed by atoms with Gasteiger partial charge in [0, 0.05) is 13.1 Å². The van der Waals surface area contributed by atoms with E-state index in [0.29, 0.717) is 13.1 Å². The molecule has 2 heterocycles. The number of carbonyl (C=O) groups is 1. The van der Waals surface area contributed by atoms with Crippen LogP contribution in [0.2, 0.25) is 0 Å². The number of benzene rings is 2. The number of fused-ring (bicyclic) bond motifs is 1. The maximum Gasteiger partial charge on any atom is 0.277 e. The van der Waals surface area contributed by atoms with Gasteiger partial charge >= 0.3 is 0 Å².